The number of hydrogen-bond acceptors (Lipinski definition) is 2. The van der Waals surface area contributed by atoms with Gasteiger partial charge in [-0.05, 0) is 26.3 Å². The van der Waals surface area contributed by atoms with Crippen LogP contribution in [0, 0.1) is 13.8 Å². The first-order valence-electron chi connectivity index (χ1n) is 4.74. The standard InChI is InChI=1S/C12H15FO2/c1-8-5-6-10(9(2)7-8)12(3,13)11(14)15-4/h5-7H,1-4H3. The van der Waals surface area contributed by atoms with Crippen LogP contribution in [-0.2, 0) is 15.2 Å². The maximum atomic E-state index is 14.1. The maximum Gasteiger partial charge on any atom is 0.348 e. The highest BCUT2D eigenvalue weighted by molar-refractivity contribution is 5.81. The van der Waals surface area contributed by atoms with Crippen molar-refractivity contribution >= 4 is 5.97 Å². The molecule has 0 radical (unpaired) electrons. The second-order valence-corrected chi connectivity index (χ2v) is 3.81. The van der Waals surface area contributed by atoms with Crippen molar-refractivity contribution in [3.05, 3.63) is 34.9 Å². The molecular formula is C12H15FO2. The molecule has 0 spiro atoms. The highest BCUT2D eigenvalue weighted by Gasteiger charge is 2.37. The SMILES string of the molecule is COC(=O)C(C)(F)c1ccc(C)cc1C. The summed E-state index contributed by atoms with van der Waals surface area (Å²) in [6, 6.07) is 5.25. The number of esters is 1. The van der Waals surface area contributed by atoms with E-state index in [1.54, 1.807) is 19.1 Å². The Kier molecular flexibility index (Phi) is 3.12. The maximum absolute atomic E-state index is 14.1. The van der Waals surface area contributed by atoms with Gasteiger partial charge in [-0.1, -0.05) is 23.8 Å². The van der Waals surface area contributed by atoms with Crippen LogP contribution in [0.4, 0.5) is 4.39 Å². The van der Waals surface area contributed by atoms with Crippen molar-refractivity contribution in [3.8, 4) is 0 Å². The number of methoxy groups -OCH3 is 1. The average Bonchev–Trinajstić information content (AvgIpc) is 2.15. The van der Waals surface area contributed by atoms with Crippen molar-refractivity contribution in [1.82, 2.24) is 0 Å². The third kappa shape index (κ3) is 2.17. The van der Waals surface area contributed by atoms with E-state index in [9.17, 15) is 9.18 Å². The summed E-state index contributed by atoms with van der Waals surface area (Å²) in [5.41, 5.74) is 0.0780. The van der Waals surface area contributed by atoms with E-state index in [1.807, 2.05) is 13.0 Å². The van der Waals surface area contributed by atoms with Gasteiger partial charge in [-0.25, -0.2) is 9.18 Å². The van der Waals surface area contributed by atoms with Gasteiger partial charge >= 0.3 is 5.97 Å². The van der Waals surface area contributed by atoms with Gasteiger partial charge in [0, 0.05) is 5.56 Å². The summed E-state index contributed by atoms with van der Waals surface area (Å²) < 4.78 is 18.6. The predicted octanol–water partition coefficient (Wildman–Crippen LogP) is 2.66. The number of carbonyl (C=O) groups excluding carboxylic acids is 1. The zero-order valence-electron chi connectivity index (χ0n) is 9.43. The van der Waals surface area contributed by atoms with Crippen LogP contribution in [0.5, 0.6) is 0 Å². The summed E-state index contributed by atoms with van der Waals surface area (Å²) in [7, 11) is 1.18. The van der Waals surface area contributed by atoms with Gasteiger partial charge in [0.15, 0.2) is 0 Å². The molecule has 0 aliphatic carbocycles. The molecule has 3 heteroatoms. The Morgan fingerprint density at radius 1 is 1.40 bits per heavy atom. The minimum atomic E-state index is -2.08. The Hall–Kier alpha value is -1.38. The predicted molar refractivity (Wildman–Crippen MR) is 56.4 cm³/mol. The van der Waals surface area contributed by atoms with Crippen molar-refractivity contribution < 1.29 is 13.9 Å². The average molecular weight is 210 g/mol. The highest BCUT2D eigenvalue weighted by Crippen LogP contribution is 2.29. The minimum Gasteiger partial charge on any atom is -0.466 e. The van der Waals surface area contributed by atoms with E-state index >= 15 is 0 Å². The number of alkyl halides is 1. The van der Waals surface area contributed by atoms with E-state index in [0.29, 0.717) is 5.56 Å². The van der Waals surface area contributed by atoms with Gasteiger partial charge in [0.2, 0.25) is 5.67 Å². The second kappa shape index (κ2) is 4.01. The van der Waals surface area contributed by atoms with Crippen molar-refractivity contribution in [3.63, 3.8) is 0 Å². The molecule has 1 unspecified atom stereocenters. The number of aryl methyl sites for hydroxylation is 2. The number of ether oxygens (including phenoxy) is 1. The van der Waals surface area contributed by atoms with Gasteiger partial charge in [-0.15, -0.1) is 0 Å². The largest absolute Gasteiger partial charge is 0.466 e. The molecule has 1 atom stereocenters. The molecule has 0 heterocycles. The lowest BCUT2D eigenvalue weighted by molar-refractivity contribution is -0.154. The Bertz CT molecular complexity index is 383. The lowest BCUT2D eigenvalue weighted by Crippen LogP contribution is -2.29. The zero-order valence-corrected chi connectivity index (χ0v) is 9.43. The first kappa shape index (κ1) is 11.7. The third-order valence-electron chi connectivity index (χ3n) is 2.46. The quantitative estimate of drug-likeness (QED) is 0.701. The molecule has 1 aromatic rings. The fraction of sp³-hybridized carbons (Fsp3) is 0.417. The third-order valence-corrected chi connectivity index (χ3v) is 2.46. The molecule has 0 saturated carbocycles. The fourth-order valence-electron chi connectivity index (χ4n) is 1.64. The Morgan fingerprint density at radius 2 is 2.00 bits per heavy atom. The Balaban J connectivity index is 3.21. The molecule has 0 bridgehead atoms. The van der Waals surface area contributed by atoms with Crippen LogP contribution in [0.2, 0.25) is 0 Å². The molecule has 2 nitrogen and oxygen atoms in total. The summed E-state index contributed by atoms with van der Waals surface area (Å²) >= 11 is 0. The van der Waals surface area contributed by atoms with Crippen molar-refractivity contribution in [2.75, 3.05) is 7.11 Å². The van der Waals surface area contributed by atoms with E-state index < -0.39 is 11.6 Å². The number of halogens is 1. The van der Waals surface area contributed by atoms with E-state index in [2.05, 4.69) is 4.74 Å². The Morgan fingerprint density at radius 3 is 2.47 bits per heavy atom. The smallest absolute Gasteiger partial charge is 0.348 e. The molecule has 0 N–H and O–H groups in total. The summed E-state index contributed by atoms with van der Waals surface area (Å²) in [4.78, 5) is 11.3. The molecule has 0 aliphatic rings. The monoisotopic (exact) mass is 210 g/mol. The number of benzene rings is 1. The molecule has 0 aromatic heterocycles. The second-order valence-electron chi connectivity index (χ2n) is 3.81. The van der Waals surface area contributed by atoms with Crippen LogP contribution in [0.15, 0.2) is 18.2 Å². The molecule has 0 fully saturated rings. The highest BCUT2D eigenvalue weighted by atomic mass is 19.1. The zero-order chi connectivity index (χ0) is 11.6. The summed E-state index contributed by atoms with van der Waals surface area (Å²) in [5, 5.41) is 0. The van der Waals surface area contributed by atoms with Crippen molar-refractivity contribution in [2.24, 2.45) is 0 Å². The van der Waals surface area contributed by atoms with Crippen LogP contribution in [0.25, 0.3) is 0 Å². The molecule has 0 saturated heterocycles. The van der Waals surface area contributed by atoms with Gasteiger partial charge in [-0.3, -0.25) is 0 Å². The topological polar surface area (TPSA) is 26.3 Å². The summed E-state index contributed by atoms with van der Waals surface area (Å²) in [5.74, 6) is -0.866. The van der Waals surface area contributed by atoms with E-state index in [1.165, 1.54) is 14.0 Å². The first-order chi connectivity index (χ1) is 6.89. The molecule has 1 rings (SSSR count). The molecule has 0 amide bonds. The number of carbonyl (C=O) groups is 1. The van der Waals surface area contributed by atoms with E-state index in [0.717, 1.165) is 11.1 Å². The molecule has 1 aromatic carbocycles. The normalized spacial score (nSPS) is 14.5. The van der Waals surface area contributed by atoms with Gasteiger partial charge in [0.25, 0.3) is 0 Å². The number of hydrogen-bond donors (Lipinski definition) is 0. The fourth-order valence-corrected chi connectivity index (χ4v) is 1.64. The lowest BCUT2D eigenvalue weighted by atomic mass is 9.92. The van der Waals surface area contributed by atoms with Crippen LogP contribution >= 0.6 is 0 Å². The van der Waals surface area contributed by atoms with Gasteiger partial charge in [0.1, 0.15) is 0 Å². The van der Waals surface area contributed by atoms with Crippen LogP contribution < -0.4 is 0 Å². The molecular weight excluding hydrogens is 195 g/mol. The Labute approximate surface area is 89.1 Å². The van der Waals surface area contributed by atoms with Gasteiger partial charge < -0.3 is 4.74 Å². The van der Waals surface area contributed by atoms with Crippen LogP contribution in [0.1, 0.15) is 23.6 Å². The van der Waals surface area contributed by atoms with Gasteiger partial charge in [0.05, 0.1) is 7.11 Å². The number of rotatable bonds is 2. The van der Waals surface area contributed by atoms with Crippen LogP contribution in [0.3, 0.4) is 0 Å². The summed E-state index contributed by atoms with van der Waals surface area (Å²) in [6.45, 7) is 4.92. The summed E-state index contributed by atoms with van der Waals surface area (Å²) in [6.07, 6.45) is 0. The first-order valence-corrected chi connectivity index (χ1v) is 4.74. The van der Waals surface area contributed by atoms with E-state index in [-0.39, 0.29) is 0 Å². The van der Waals surface area contributed by atoms with Crippen LogP contribution in [-0.4, -0.2) is 13.1 Å². The minimum absolute atomic E-state index is 0.361. The molecule has 82 valence electrons. The molecule has 15 heavy (non-hydrogen) atoms. The van der Waals surface area contributed by atoms with Crippen molar-refractivity contribution in [1.29, 1.82) is 0 Å². The van der Waals surface area contributed by atoms with E-state index in [4.69, 9.17) is 0 Å². The van der Waals surface area contributed by atoms with Crippen molar-refractivity contribution in [2.45, 2.75) is 26.4 Å². The van der Waals surface area contributed by atoms with Gasteiger partial charge in [-0.2, -0.15) is 0 Å². The lowest BCUT2D eigenvalue weighted by Gasteiger charge is -2.20. The molecule has 0 aliphatic heterocycles.